The minimum Gasteiger partial charge on any atom is -0.493 e. The number of benzene rings is 1. The molecular weight excluding hydrogens is 454 g/mol. The lowest BCUT2D eigenvalue weighted by atomic mass is 10.2. The fourth-order valence-corrected chi connectivity index (χ4v) is 4.94. The second kappa shape index (κ2) is 10.8. The van der Waals surface area contributed by atoms with E-state index in [0.29, 0.717) is 28.6 Å². The van der Waals surface area contributed by atoms with Crippen molar-refractivity contribution in [2.45, 2.75) is 40.7 Å². The van der Waals surface area contributed by atoms with Crippen molar-refractivity contribution >= 4 is 34.9 Å². The van der Waals surface area contributed by atoms with Crippen LogP contribution in [0.5, 0.6) is 11.5 Å². The third kappa shape index (κ3) is 5.30. The van der Waals surface area contributed by atoms with E-state index in [9.17, 15) is 14.4 Å². The van der Waals surface area contributed by atoms with Gasteiger partial charge in [0, 0.05) is 30.5 Å². The van der Waals surface area contributed by atoms with E-state index in [0.717, 1.165) is 33.6 Å². The number of carbonyl (C=O) groups excluding carboxylic acids is 3. The molecule has 1 saturated heterocycles. The second-order valence-corrected chi connectivity index (χ2v) is 9.17. The van der Waals surface area contributed by atoms with Gasteiger partial charge in [0.05, 0.1) is 24.2 Å². The van der Waals surface area contributed by atoms with Crippen LogP contribution in [0.1, 0.15) is 54.1 Å². The van der Waals surface area contributed by atoms with Gasteiger partial charge in [0.25, 0.3) is 17.1 Å². The molecule has 0 saturated carbocycles. The van der Waals surface area contributed by atoms with Crippen molar-refractivity contribution in [2.75, 3.05) is 26.8 Å². The van der Waals surface area contributed by atoms with Crippen LogP contribution in [0.3, 0.4) is 0 Å². The number of amides is 3. The highest BCUT2D eigenvalue weighted by Crippen LogP contribution is 2.34. The Morgan fingerprint density at radius 3 is 2.53 bits per heavy atom. The van der Waals surface area contributed by atoms with E-state index in [1.165, 1.54) is 0 Å². The largest absolute Gasteiger partial charge is 0.493 e. The fraction of sp³-hybridized carbons (Fsp3) is 0.400. The first-order valence-corrected chi connectivity index (χ1v) is 12.0. The Kier molecular flexibility index (Phi) is 8.09. The number of nitrogens with zero attached hydrogens (tertiary/aromatic N) is 2. The molecule has 0 unspecified atom stereocenters. The third-order valence-electron chi connectivity index (χ3n) is 5.53. The standard InChI is InChI=1S/C25H31N3O5S/c1-7-33-20-9-8-18(13-21(20)32-6)14-22-24(30)27(25(31)34-22)11-10-26-23(29)19-12-16(4)28(15(2)3)17(19)5/h8-9,12-15H,7,10-11H2,1-6H3,(H,26,29)/b22-14-. The summed E-state index contributed by atoms with van der Waals surface area (Å²) in [5.41, 5.74) is 3.23. The Balaban J connectivity index is 1.64. The van der Waals surface area contributed by atoms with Crippen LogP contribution in [0, 0.1) is 13.8 Å². The minimum atomic E-state index is -0.380. The maximum Gasteiger partial charge on any atom is 0.293 e. The number of methoxy groups -OCH3 is 1. The van der Waals surface area contributed by atoms with E-state index in [4.69, 9.17) is 9.47 Å². The monoisotopic (exact) mass is 485 g/mol. The van der Waals surface area contributed by atoms with Crippen molar-refractivity contribution in [3.63, 3.8) is 0 Å². The normalized spacial score (nSPS) is 14.9. The number of carbonyl (C=O) groups is 3. The first kappa shape index (κ1) is 25.4. The molecule has 3 amide bonds. The molecular formula is C25H31N3O5S. The molecule has 0 radical (unpaired) electrons. The molecule has 9 heteroatoms. The van der Waals surface area contributed by atoms with Crippen molar-refractivity contribution in [2.24, 2.45) is 0 Å². The van der Waals surface area contributed by atoms with E-state index in [1.54, 1.807) is 31.4 Å². The van der Waals surface area contributed by atoms with Gasteiger partial charge in [-0.05, 0) is 76.2 Å². The molecule has 1 aromatic heterocycles. The molecule has 1 aliphatic heterocycles. The number of rotatable bonds is 9. The molecule has 1 aromatic carbocycles. The molecule has 0 spiro atoms. The summed E-state index contributed by atoms with van der Waals surface area (Å²) in [6, 6.07) is 7.43. The molecule has 0 aliphatic carbocycles. The van der Waals surface area contributed by atoms with Crippen molar-refractivity contribution in [3.8, 4) is 11.5 Å². The maximum absolute atomic E-state index is 12.8. The lowest BCUT2D eigenvalue weighted by molar-refractivity contribution is -0.122. The molecule has 2 heterocycles. The first-order valence-electron chi connectivity index (χ1n) is 11.2. The Bertz CT molecular complexity index is 1140. The molecule has 2 aromatic rings. The van der Waals surface area contributed by atoms with Gasteiger partial charge in [-0.15, -0.1) is 0 Å². The summed E-state index contributed by atoms with van der Waals surface area (Å²) in [6.07, 6.45) is 1.66. The molecule has 1 aliphatic rings. The zero-order valence-corrected chi connectivity index (χ0v) is 21.2. The average molecular weight is 486 g/mol. The highest BCUT2D eigenvalue weighted by Gasteiger charge is 2.34. The molecule has 0 atom stereocenters. The fourth-order valence-electron chi connectivity index (χ4n) is 4.07. The van der Waals surface area contributed by atoms with E-state index in [-0.39, 0.29) is 36.2 Å². The summed E-state index contributed by atoms with van der Waals surface area (Å²) >= 11 is 0.881. The van der Waals surface area contributed by atoms with Gasteiger partial charge in [0.1, 0.15) is 0 Å². The summed E-state index contributed by atoms with van der Waals surface area (Å²) in [4.78, 5) is 39.4. The van der Waals surface area contributed by atoms with Crippen LogP contribution in [0.15, 0.2) is 29.2 Å². The van der Waals surface area contributed by atoms with Crippen molar-refractivity contribution < 1.29 is 23.9 Å². The molecule has 182 valence electrons. The minimum absolute atomic E-state index is 0.100. The van der Waals surface area contributed by atoms with Gasteiger partial charge in [0.15, 0.2) is 11.5 Å². The van der Waals surface area contributed by atoms with Gasteiger partial charge in [0.2, 0.25) is 0 Å². The van der Waals surface area contributed by atoms with Crippen LogP contribution in [0.2, 0.25) is 0 Å². The number of aromatic nitrogens is 1. The molecule has 1 N–H and O–H groups in total. The van der Waals surface area contributed by atoms with Gasteiger partial charge >= 0.3 is 0 Å². The van der Waals surface area contributed by atoms with Crippen LogP contribution in [-0.2, 0) is 4.79 Å². The van der Waals surface area contributed by atoms with Gasteiger partial charge < -0.3 is 19.4 Å². The summed E-state index contributed by atoms with van der Waals surface area (Å²) in [7, 11) is 1.55. The Labute approximate surface area is 204 Å². The molecule has 1 fully saturated rings. The number of hydrogen-bond acceptors (Lipinski definition) is 6. The summed E-state index contributed by atoms with van der Waals surface area (Å²) in [5, 5.41) is 2.47. The maximum atomic E-state index is 12.8. The predicted molar refractivity (Wildman–Crippen MR) is 133 cm³/mol. The lowest BCUT2D eigenvalue weighted by Crippen LogP contribution is -2.37. The predicted octanol–water partition coefficient (Wildman–Crippen LogP) is 4.56. The van der Waals surface area contributed by atoms with Crippen molar-refractivity contribution in [3.05, 3.63) is 51.7 Å². The van der Waals surface area contributed by atoms with E-state index in [1.807, 2.05) is 26.8 Å². The quantitative estimate of drug-likeness (QED) is 0.524. The lowest BCUT2D eigenvalue weighted by Gasteiger charge is -2.14. The van der Waals surface area contributed by atoms with Crippen molar-refractivity contribution in [1.29, 1.82) is 0 Å². The second-order valence-electron chi connectivity index (χ2n) is 8.18. The molecule has 8 nitrogen and oxygen atoms in total. The number of ether oxygens (including phenoxy) is 2. The van der Waals surface area contributed by atoms with Gasteiger partial charge in [-0.1, -0.05) is 6.07 Å². The van der Waals surface area contributed by atoms with Crippen LogP contribution in [-0.4, -0.2) is 53.3 Å². The molecule has 0 bridgehead atoms. The van der Waals surface area contributed by atoms with E-state index in [2.05, 4.69) is 23.7 Å². The average Bonchev–Trinajstić information content (AvgIpc) is 3.24. The van der Waals surface area contributed by atoms with Crippen LogP contribution in [0.4, 0.5) is 4.79 Å². The van der Waals surface area contributed by atoms with E-state index < -0.39 is 0 Å². The van der Waals surface area contributed by atoms with Crippen LogP contribution in [0.25, 0.3) is 6.08 Å². The number of aryl methyl sites for hydroxylation is 1. The highest BCUT2D eigenvalue weighted by atomic mass is 32.2. The Morgan fingerprint density at radius 1 is 1.18 bits per heavy atom. The summed E-state index contributed by atoms with van der Waals surface area (Å²) in [5.74, 6) is 0.564. The Hall–Kier alpha value is -3.20. The number of nitrogens with one attached hydrogen (secondary N) is 1. The number of hydrogen-bond donors (Lipinski definition) is 1. The number of imide groups is 1. The molecule has 34 heavy (non-hydrogen) atoms. The SMILES string of the molecule is CCOc1ccc(/C=C2\SC(=O)N(CCNC(=O)c3cc(C)n(C(C)C)c3C)C2=O)cc1OC. The summed E-state index contributed by atoms with van der Waals surface area (Å²) in [6.45, 7) is 10.7. The van der Waals surface area contributed by atoms with Crippen LogP contribution < -0.4 is 14.8 Å². The van der Waals surface area contributed by atoms with Crippen LogP contribution >= 0.6 is 11.8 Å². The molecule has 3 rings (SSSR count). The highest BCUT2D eigenvalue weighted by molar-refractivity contribution is 8.18. The zero-order valence-electron chi connectivity index (χ0n) is 20.4. The first-order chi connectivity index (χ1) is 16.2. The van der Waals surface area contributed by atoms with E-state index >= 15 is 0 Å². The number of thioether (sulfide) groups is 1. The topological polar surface area (TPSA) is 89.9 Å². The smallest absolute Gasteiger partial charge is 0.293 e. The van der Waals surface area contributed by atoms with Gasteiger partial charge in [-0.25, -0.2) is 0 Å². The third-order valence-corrected chi connectivity index (χ3v) is 6.43. The van der Waals surface area contributed by atoms with Gasteiger partial charge in [-0.2, -0.15) is 0 Å². The Morgan fingerprint density at radius 2 is 1.91 bits per heavy atom. The van der Waals surface area contributed by atoms with Gasteiger partial charge in [-0.3, -0.25) is 19.3 Å². The zero-order chi connectivity index (χ0) is 25.0. The van der Waals surface area contributed by atoms with Crippen molar-refractivity contribution in [1.82, 2.24) is 14.8 Å². The summed E-state index contributed by atoms with van der Waals surface area (Å²) < 4.78 is 13.0.